The molecule has 6 aromatic rings. The van der Waals surface area contributed by atoms with E-state index >= 15 is 4.39 Å². The van der Waals surface area contributed by atoms with Crippen LogP contribution in [0.1, 0.15) is 32.1 Å². The Kier molecular flexibility index (Phi) is 6.05. The van der Waals surface area contributed by atoms with Gasteiger partial charge in [-0.15, -0.1) is 11.3 Å². The van der Waals surface area contributed by atoms with Crippen molar-refractivity contribution < 1.29 is 9.50 Å². The second kappa shape index (κ2) is 9.87. The Morgan fingerprint density at radius 2 is 1.95 bits per heavy atom. The van der Waals surface area contributed by atoms with Crippen LogP contribution < -0.4 is 5.32 Å². The average molecular weight is 540 g/mol. The zero-order valence-electron chi connectivity index (χ0n) is 21.0. The number of aliphatic hydroxyl groups is 1. The van der Waals surface area contributed by atoms with E-state index in [-0.39, 0.29) is 5.92 Å². The van der Waals surface area contributed by atoms with Gasteiger partial charge in [-0.1, -0.05) is 25.3 Å². The molecular weight excluding hydrogens is 513 g/mol. The Morgan fingerprint density at radius 3 is 2.79 bits per heavy atom. The summed E-state index contributed by atoms with van der Waals surface area (Å²) in [5, 5.41) is 24.1. The molecule has 1 aliphatic rings. The van der Waals surface area contributed by atoms with Crippen molar-refractivity contribution in [2.75, 3.05) is 5.32 Å². The number of anilines is 1. The fraction of sp³-hybridized carbons (Fsp3) is 0.241. The van der Waals surface area contributed by atoms with Crippen molar-refractivity contribution >= 4 is 39.0 Å². The van der Waals surface area contributed by atoms with E-state index in [0.717, 1.165) is 52.7 Å². The van der Waals surface area contributed by atoms with Crippen LogP contribution in [0.3, 0.4) is 0 Å². The molecule has 0 saturated heterocycles. The van der Waals surface area contributed by atoms with Crippen molar-refractivity contribution in [2.24, 2.45) is 5.92 Å². The van der Waals surface area contributed by atoms with Gasteiger partial charge in [-0.25, -0.2) is 9.37 Å². The van der Waals surface area contributed by atoms with Gasteiger partial charge in [-0.05, 0) is 42.5 Å². The third-order valence-corrected chi connectivity index (χ3v) is 8.37. The summed E-state index contributed by atoms with van der Waals surface area (Å²) in [5.74, 6) is 0.394. The number of hydrogen-bond donors (Lipinski definition) is 4. The Labute approximate surface area is 227 Å². The molecule has 5 aromatic heterocycles. The molecule has 7 rings (SSSR count). The van der Waals surface area contributed by atoms with Gasteiger partial charge in [0.15, 0.2) is 5.82 Å². The first-order valence-electron chi connectivity index (χ1n) is 13.1. The highest BCUT2D eigenvalue weighted by atomic mass is 32.1. The molecule has 1 unspecified atom stereocenters. The lowest BCUT2D eigenvalue weighted by atomic mass is 9.88. The molecular formula is C29H26FN7OS. The molecule has 1 atom stereocenters. The highest BCUT2D eigenvalue weighted by Gasteiger charge is 2.22. The first-order chi connectivity index (χ1) is 19.1. The predicted octanol–water partition coefficient (Wildman–Crippen LogP) is 6.74. The topological polar surface area (TPSA) is 115 Å². The molecule has 0 radical (unpaired) electrons. The summed E-state index contributed by atoms with van der Waals surface area (Å²) in [7, 11) is 0. The molecule has 1 aliphatic carbocycles. The number of aromatic nitrogens is 6. The average Bonchev–Trinajstić information content (AvgIpc) is 3.72. The van der Waals surface area contributed by atoms with E-state index < -0.39 is 12.0 Å². The van der Waals surface area contributed by atoms with Gasteiger partial charge in [0.2, 0.25) is 0 Å². The number of thiophene rings is 1. The normalized spacial score (nSPS) is 15.2. The highest BCUT2D eigenvalue weighted by molar-refractivity contribution is 7.13. The maximum absolute atomic E-state index is 15.3. The molecule has 0 bridgehead atoms. The van der Waals surface area contributed by atoms with Gasteiger partial charge < -0.3 is 15.4 Å². The van der Waals surface area contributed by atoms with E-state index in [2.05, 4.69) is 30.5 Å². The summed E-state index contributed by atoms with van der Waals surface area (Å²) in [4.78, 5) is 18.1. The zero-order chi connectivity index (χ0) is 26.3. The number of rotatable bonds is 6. The molecule has 10 heteroatoms. The number of halogens is 1. The van der Waals surface area contributed by atoms with Crippen molar-refractivity contribution in [2.45, 2.75) is 38.3 Å². The minimum atomic E-state index is -0.656. The first-order valence-corrected chi connectivity index (χ1v) is 14.0. The van der Waals surface area contributed by atoms with E-state index in [9.17, 15) is 5.11 Å². The van der Waals surface area contributed by atoms with Crippen molar-refractivity contribution in [3.63, 3.8) is 0 Å². The third-order valence-electron chi connectivity index (χ3n) is 7.49. The SMILES string of the molecule is OC(Nc1cncc(-c2cc3c(-c4nc5c(-c6cccs6)nccc5[nH]4)n[nH]c3cc2F)c1)C1CCCCC1. The Morgan fingerprint density at radius 1 is 1.05 bits per heavy atom. The molecule has 39 heavy (non-hydrogen) atoms. The molecule has 0 amide bonds. The number of hydrogen-bond acceptors (Lipinski definition) is 7. The Bertz CT molecular complexity index is 1770. The lowest BCUT2D eigenvalue weighted by Crippen LogP contribution is -2.30. The monoisotopic (exact) mass is 539 g/mol. The van der Waals surface area contributed by atoms with Gasteiger partial charge in [0.05, 0.1) is 27.8 Å². The number of aliphatic hydroxyl groups excluding tert-OH is 1. The van der Waals surface area contributed by atoms with Crippen LogP contribution in [0.4, 0.5) is 10.1 Å². The van der Waals surface area contributed by atoms with Crippen LogP contribution in [-0.4, -0.2) is 41.5 Å². The maximum atomic E-state index is 15.3. The number of aromatic amines is 2. The number of benzene rings is 1. The summed E-state index contributed by atoms with van der Waals surface area (Å²) in [6.45, 7) is 0. The summed E-state index contributed by atoms with van der Waals surface area (Å²) >= 11 is 1.61. The van der Waals surface area contributed by atoms with Crippen LogP contribution in [0.5, 0.6) is 0 Å². The molecule has 4 N–H and O–H groups in total. The quantitative estimate of drug-likeness (QED) is 0.174. The van der Waals surface area contributed by atoms with Crippen molar-refractivity contribution in [1.82, 2.24) is 30.1 Å². The third kappa shape index (κ3) is 4.45. The van der Waals surface area contributed by atoms with E-state index in [1.54, 1.807) is 36.0 Å². The largest absolute Gasteiger partial charge is 0.374 e. The van der Waals surface area contributed by atoms with Gasteiger partial charge in [-0.3, -0.25) is 15.1 Å². The molecule has 1 saturated carbocycles. The zero-order valence-corrected chi connectivity index (χ0v) is 21.8. The van der Waals surface area contributed by atoms with E-state index in [0.29, 0.717) is 33.8 Å². The van der Waals surface area contributed by atoms with Crippen LogP contribution >= 0.6 is 11.3 Å². The molecule has 5 heterocycles. The maximum Gasteiger partial charge on any atom is 0.159 e. The molecule has 0 aliphatic heterocycles. The Balaban J connectivity index is 1.25. The minimum absolute atomic E-state index is 0.211. The van der Waals surface area contributed by atoms with Gasteiger partial charge in [-0.2, -0.15) is 5.10 Å². The van der Waals surface area contributed by atoms with Crippen molar-refractivity contribution in [1.29, 1.82) is 0 Å². The van der Waals surface area contributed by atoms with Crippen LogP contribution in [0, 0.1) is 11.7 Å². The minimum Gasteiger partial charge on any atom is -0.374 e. The van der Waals surface area contributed by atoms with E-state index in [1.165, 1.54) is 12.5 Å². The number of fused-ring (bicyclic) bond motifs is 2. The number of H-pyrrole nitrogens is 2. The summed E-state index contributed by atoms with van der Waals surface area (Å²) < 4.78 is 15.3. The smallest absolute Gasteiger partial charge is 0.159 e. The molecule has 1 aromatic carbocycles. The van der Waals surface area contributed by atoms with Gasteiger partial charge >= 0.3 is 0 Å². The van der Waals surface area contributed by atoms with Gasteiger partial charge in [0.1, 0.15) is 28.9 Å². The Hall–Kier alpha value is -4.15. The first kappa shape index (κ1) is 23.9. The van der Waals surface area contributed by atoms with Crippen LogP contribution in [0.2, 0.25) is 0 Å². The predicted molar refractivity (Wildman–Crippen MR) is 152 cm³/mol. The number of nitrogens with zero attached hydrogens (tertiary/aromatic N) is 4. The lowest BCUT2D eigenvalue weighted by molar-refractivity contribution is 0.109. The summed E-state index contributed by atoms with van der Waals surface area (Å²) in [5.41, 5.74) is 5.23. The second-order valence-corrected chi connectivity index (χ2v) is 11.0. The van der Waals surface area contributed by atoms with Crippen molar-refractivity contribution in [3.8, 4) is 33.2 Å². The van der Waals surface area contributed by atoms with Crippen LogP contribution in [0.25, 0.3) is 55.2 Å². The van der Waals surface area contributed by atoms with Crippen molar-refractivity contribution in [3.05, 3.63) is 66.2 Å². The second-order valence-electron chi connectivity index (χ2n) is 10.0. The van der Waals surface area contributed by atoms with E-state index in [4.69, 9.17) is 4.98 Å². The lowest BCUT2D eigenvalue weighted by Gasteiger charge is -2.27. The van der Waals surface area contributed by atoms with Gasteiger partial charge in [0, 0.05) is 40.9 Å². The molecule has 0 spiro atoms. The number of nitrogens with one attached hydrogen (secondary N) is 3. The van der Waals surface area contributed by atoms with Crippen LogP contribution in [-0.2, 0) is 0 Å². The van der Waals surface area contributed by atoms with E-state index in [1.807, 2.05) is 29.6 Å². The van der Waals surface area contributed by atoms with Crippen LogP contribution in [0.15, 0.2) is 60.4 Å². The standard InChI is InChI=1S/C29H26FN7OS/c30-21-13-23-20(12-19(21)17-11-18(15-31-14-17)33-29(38)16-5-2-1-3-6-16)25(37-36-23)28-34-22-8-9-32-27(26(22)35-28)24-7-4-10-39-24/h4,7-16,29,33,38H,1-3,5-6H2,(H,34,35)(H,36,37). The molecule has 1 fully saturated rings. The summed E-state index contributed by atoms with van der Waals surface area (Å²) in [6.07, 6.45) is 9.88. The number of imidazole rings is 1. The van der Waals surface area contributed by atoms with Gasteiger partial charge in [0.25, 0.3) is 0 Å². The molecule has 196 valence electrons. The number of pyridine rings is 2. The fourth-order valence-electron chi connectivity index (χ4n) is 5.49. The summed E-state index contributed by atoms with van der Waals surface area (Å²) in [6, 6.07) is 10.9. The fourth-order valence-corrected chi connectivity index (χ4v) is 6.21. The highest BCUT2D eigenvalue weighted by Crippen LogP contribution is 2.35. The molecule has 8 nitrogen and oxygen atoms in total.